The fourth-order valence-corrected chi connectivity index (χ4v) is 1.94. The largest absolute Gasteiger partial charge is 0.399 e. The Kier molecular flexibility index (Phi) is 3.85. The molecule has 100 valence electrons. The van der Waals surface area contributed by atoms with E-state index in [-0.39, 0.29) is 11.9 Å². The summed E-state index contributed by atoms with van der Waals surface area (Å²) in [4.78, 5) is 16.1. The van der Waals surface area contributed by atoms with Crippen LogP contribution in [0.4, 0.5) is 5.69 Å². The molecule has 0 saturated carbocycles. The maximum Gasteiger partial charge on any atom is 0.251 e. The van der Waals surface area contributed by atoms with Crippen LogP contribution in [0.2, 0.25) is 0 Å². The summed E-state index contributed by atoms with van der Waals surface area (Å²) in [6.07, 6.45) is 5.32. The summed E-state index contributed by atoms with van der Waals surface area (Å²) in [5, 5.41) is 2.96. The molecule has 0 saturated heterocycles. The molecule has 3 N–H and O–H groups in total. The maximum atomic E-state index is 12.2. The SMILES string of the molecule is Cc1ccc(N)cc1C(=O)NC(C)Cn1ccnc1. The van der Waals surface area contributed by atoms with Gasteiger partial charge in [0.15, 0.2) is 0 Å². The van der Waals surface area contributed by atoms with E-state index in [2.05, 4.69) is 10.3 Å². The molecule has 1 aromatic heterocycles. The number of nitrogens with one attached hydrogen (secondary N) is 1. The van der Waals surface area contributed by atoms with Crippen LogP contribution in [0.25, 0.3) is 0 Å². The Morgan fingerprint density at radius 1 is 1.53 bits per heavy atom. The van der Waals surface area contributed by atoms with Crippen LogP contribution in [-0.4, -0.2) is 21.5 Å². The first-order valence-electron chi connectivity index (χ1n) is 6.19. The average molecular weight is 258 g/mol. The molecular formula is C14H18N4O. The number of nitrogen functional groups attached to an aromatic ring is 1. The minimum Gasteiger partial charge on any atom is -0.399 e. The number of imidazole rings is 1. The number of rotatable bonds is 4. The van der Waals surface area contributed by atoms with Gasteiger partial charge in [-0.1, -0.05) is 6.07 Å². The van der Waals surface area contributed by atoms with E-state index in [0.29, 0.717) is 17.8 Å². The highest BCUT2D eigenvalue weighted by Gasteiger charge is 2.12. The number of hydrogen-bond donors (Lipinski definition) is 2. The molecule has 0 spiro atoms. The second-order valence-electron chi connectivity index (χ2n) is 4.71. The minimum absolute atomic E-state index is 0.0162. The first kappa shape index (κ1) is 13.1. The zero-order chi connectivity index (χ0) is 13.8. The van der Waals surface area contributed by atoms with Gasteiger partial charge in [-0.05, 0) is 31.5 Å². The molecule has 0 bridgehead atoms. The standard InChI is InChI=1S/C14H18N4O/c1-10-3-4-12(15)7-13(10)14(19)17-11(2)8-18-6-5-16-9-18/h3-7,9,11H,8,15H2,1-2H3,(H,17,19). The highest BCUT2D eigenvalue weighted by molar-refractivity contribution is 5.96. The van der Waals surface area contributed by atoms with Gasteiger partial charge < -0.3 is 15.6 Å². The zero-order valence-electron chi connectivity index (χ0n) is 11.1. The average Bonchev–Trinajstić information content (AvgIpc) is 2.84. The predicted molar refractivity (Wildman–Crippen MR) is 74.7 cm³/mol. The first-order chi connectivity index (χ1) is 9.06. The molecule has 0 aliphatic carbocycles. The molecular weight excluding hydrogens is 240 g/mol. The highest BCUT2D eigenvalue weighted by atomic mass is 16.1. The molecule has 0 aliphatic heterocycles. The molecule has 1 heterocycles. The van der Waals surface area contributed by atoms with Gasteiger partial charge in [0.2, 0.25) is 0 Å². The molecule has 5 nitrogen and oxygen atoms in total. The van der Waals surface area contributed by atoms with Crippen LogP contribution in [0.3, 0.4) is 0 Å². The number of aryl methyl sites for hydroxylation is 1. The minimum atomic E-state index is -0.0996. The number of aromatic nitrogens is 2. The van der Waals surface area contributed by atoms with E-state index in [0.717, 1.165) is 5.56 Å². The molecule has 1 amide bonds. The van der Waals surface area contributed by atoms with Crippen molar-refractivity contribution in [1.82, 2.24) is 14.9 Å². The summed E-state index contributed by atoms with van der Waals surface area (Å²) in [6.45, 7) is 4.54. The van der Waals surface area contributed by atoms with E-state index in [9.17, 15) is 4.79 Å². The lowest BCUT2D eigenvalue weighted by atomic mass is 10.1. The number of anilines is 1. The van der Waals surface area contributed by atoms with Crippen LogP contribution >= 0.6 is 0 Å². The summed E-state index contributed by atoms with van der Waals surface area (Å²) < 4.78 is 1.93. The number of amides is 1. The molecule has 1 unspecified atom stereocenters. The Balaban J connectivity index is 2.02. The molecule has 0 radical (unpaired) electrons. The summed E-state index contributed by atoms with van der Waals surface area (Å²) in [7, 11) is 0. The Bertz CT molecular complexity index is 563. The second-order valence-corrected chi connectivity index (χ2v) is 4.71. The summed E-state index contributed by atoms with van der Waals surface area (Å²) in [5.41, 5.74) is 7.85. The van der Waals surface area contributed by atoms with Crippen molar-refractivity contribution in [1.29, 1.82) is 0 Å². The number of benzene rings is 1. The third-order valence-corrected chi connectivity index (χ3v) is 2.93. The van der Waals surface area contributed by atoms with Crippen LogP contribution in [0.1, 0.15) is 22.8 Å². The summed E-state index contributed by atoms with van der Waals surface area (Å²) >= 11 is 0. The fourth-order valence-electron chi connectivity index (χ4n) is 1.94. The van der Waals surface area contributed by atoms with Gasteiger partial charge in [0, 0.05) is 36.2 Å². The van der Waals surface area contributed by atoms with Crippen molar-refractivity contribution in [3.8, 4) is 0 Å². The number of nitrogens with zero attached hydrogens (tertiary/aromatic N) is 2. The van der Waals surface area contributed by atoms with Crippen molar-refractivity contribution < 1.29 is 4.79 Å². The molecule has 2 aromatic rings. The molecule has 5 heteroatoms. The van der Waals surface area contributed by atoms with Gasteiger partial charge >= 0.3 is 0 Å². The molecule has 0 fully saturated rings. The molecule has 19 heavy (non-hydrogen) atoms. The van der Waals surface area contributed by atoms with Gasteiger partial charge in [-0.15, -0.1) is 0 Å². The van der Waals surface area contributed by atoms with E-state index >= 15 is 0 Å². The Morgan fingerprint density at radius 2 is 2.32 bits per heavy atom. The zero-order valence-corrected chi connectivity index (χ0v) is 11.1. The van der Waals surface area contributed by atoms with E-state index in [1.807, 2.05) is 30.7 Å². The Morgan fingerprint density at radius 3 is 3.00 bits per heavy atom. The summed E-state index contributed by atoms with van der Waals surface area (Å²) in [5.74, 6) is -0.0996. The molecule has 1 atom stereocenters. The third kappa shape index (κ3) is 3.34. The highest BCUT2D eigenvalue weighted by Crippen LogP contribution is 2.12. The monoisotopic (exact) mass is 258 g/mol. The first-order valence-corrected chi connectivity index (χ1v) is 6.19. The fraction of sp³-hybridized carbons (Fsp3) is 0.286. The molecule has 0 aliphatic rings. The van der Waals surface area contributed by atoms with Crippen molar-refractivity contribution in [2.45, 2.75) is 26.4 Å². The van der Waals surface area contributed by atoms with Crippen LogP contribution in [-0.2, 0) is 6.54 Å². The van der Waals surface area contributed by atoms with Gasteiger partial charge in [0.1, 0.15) is 0 Å². The van der Waals surface area contributed by atoms with Crippen LogP contribution in [0.5, 0.6) is 0 Å². The van der Waals surface area contributed by atoms with E-state index in [4.69, 9.17) is 5.73 Å². The van der Waals surface area contributed by atoms with E-state index in [1.165, 1.54) is 0 Å². The quantitative estimate of drug-likeness (QED) is 0.818. The predicted octanol–water partition coefficient (Wildman–Crippen LogP) is 1.59. The molecule has 1 aromatic carbocycles. The van der Waals surface area contributed by atoms with Crippen LogP contribution in [0.15, 0.2) is 36.9 Å². The Hall–Kier alpha value is -2.30. The lowest BCUT2D eigenvalue weighted by Crippen LogP contribution is -2.35. The van der Waals surface area contributed by atoms with Crippen molar-refractivity contribution in [3.63, 3.8) is 0 Å². The van der Waals surface area contributed by atoms with Gasteiger partial charge in [0.25, 0.3) is 5.91 Å². The molecule has 2 rings (SSSR count). The van der Waals surface area contributed by atoms with Crippen molar-refractivity contribution in [3.05, 3.63) is 48.0 Å². The number of carbonyl (C=O) groups is 1. The van der Waals surface area contributed by atoms with E-state index in [1.54, 1.807) is 24.7 Å². The van der Waals surface area contributed by atoms with Gasteiger partial charge in [-0.25, -0.2) is 4.98 Å². The van der Waals surface area contributed by atoms with E-state index < -0.39 is 0 Å². The maximum absolute atomic E-state index is 12.2. The second kappa shape index (κ2) is 5.56. The number of hydrogen-bond acceptors (Lipinski definition) is 3. The van der Waals surface area contributed by atoms with Crippen LogP contribution in [0, 0.1) is 6.92 Å². The smallest absolute Gasteiger partial charge is 0.251 e. The Labute approximate surface area is 112 Å². The van der Waals surface area contributed by atoms with Gasteiger partial charge in [-0.3, -0.25) is 4.79 Å². The normalized spacial score (nSPS) is 12.1. The number of nitrogens with two attached hydrogens (primary N) is 1. The lowest BCUT2D eigenvalue weighted by Gasteiger charge is -2.15. The van der Waals surface area contributed by atoms with Crippen molar-refractivity contribution in [2.24, 2.45) is 0 Å². The topological polar surface area (TPSA) is 72.9 Å². The summed E-state index contributed by atoms with van der Waals surface area (Å²) in [6, 6.07) is 5.36. The lowest BCUT2D eigenvalue weighted by molar-refractivity contribution is 0.0936. The number of carbonyl (C=O) groups excluding carboxylic acids is 1. The van der Waals surface area contributed by atoms with Crippen molar-refractivity contribution in [2.75, 3.05) is 5.73 Å². The van der Waals surface area contributed by atoms with Crippen LogP contribution < -0.4 is 11.1 Å². The van der Waals surface area contributed by atoms with Crippen molar-refractivity contribution >= 4 is 11.6 Å². The van der Waals surface area contributed by atoms with Gasteiger partial charge in [0.05, 0.1) is 6.33 Å². The third-order valence-electron chi connectivity index (χ3n) is 2.93. The van der Waals surface area contributed by atoms with Gasteiger partial charge in [-0.2, -0.15) is 0 Å².